The zero-order chi connectivity index (χ0) is 21.8. The van der Waals surface area contributed by atoms with Crippen LogP contribution >= 0.6 is 0 Å². The van der Waals surface area contributed by atoms with E-state index in [0.29, 0.717) is 30.0 Å². The molecule has 0 saturated carbocycles. The number of carbonyl (C=O) groups excluding carboxylic acids is 2. The number of esters is 1. The number of aryl methyl sites for hydroxylation is 1. The molecule has 1 unspecified atom stereocenters. The fourth-order valence-corrected chi connectivity index (χ4v) is 3.69. The van der Waals surface area contributed by atoms with Crippen LogP contribution in [0.5, 0.6) is 5.75 Å². The van der Waals surface area contributed by atoms with Crippen molar-refractivity contribution < 1.29 is 23.5 Å². The molecular formula is C24H23NO6. The Balaban J connectivity index is 1.46. The van der Waals surface area contributed by atoms with E-state index in [2.05, 4.69) is 0 Å². The zero-order valence-corrected chi connectivity index (χ0v) is 17.2. The van der Waals surface area contributed by atoms with Crippen molar-refractivity contribution in [1.82, 2.24) is 4.90 Å². The maximum atomic E-state index is 12.9. The Labute approximate surface area is 179 Å². The second-order valence-corrected chi connectivity index (χ2v) is 7.51. The predicted molar refractivity (Wildman–Crippen MR) is 114 cm³/mol. The average Bonchev–Trinajstić information content (AvgIpc) is 3.31. The summed E-state index contributed by atoms with van der Waals surface area (Å²) in [5, 5.41) is 0.787. The Morgan fingerprint density at radius 2 is 1.81 bits per heavy atom. The van der Waals surface area contributed by atoms with Gasteiger partial charge < -0.3 is 18.8 Å². The summed E-state index contributed by atoms with van der Waals surface area (Å²) < 4.78 is 16.3. The topological polar surface area (TPSA) is 86.0 Å². The summed E-state index contributed by atoms with van der Waals surface area (Å²) in [6.45, 7) is 2.77. The van der Waals surface area contributed by atoms with Crippen molar-refractivity contribution >= 4 is 22.8 Å². The highest BCUT2D eigenvalue weighted by Crippen LogP contribution is 2.24. The summed E-state index contributed by atoms with van der Waals surface area (Å²) >= 11 is 0. The molecule has 1 aromatic heterocycles. The van der Waals surface area contributed by atoms with E-state index in [4.69, 9.17) is 13.9 Å². The maximum Gasteiger partial charge on any atom is 0.345 e. The Bertz CT molecular complexity index is 1150. The Hall–Kier alpha value is -3.61. The van der Waals surface area contributed by atoms with Crippen LogP contribution in [-0.4, -0.2) is 36.5 Å². The third-order valence-corrected chi connectivity index (χ3v) is 5.27. The second-order valence-electron chi connectivity index (χ2n) is 7.51. The Morgan fingerprint density at radius 3 is 2.55 bits per heavy atom. The van der Waals surface area contributed by atoms with Crippen LogP contribution in [0.1, 0.15) is 30.1 Å². The molecule has 1 atom stereocenters. The molecular weight excluding hydrogens is 398 g/mol. The quantitative estimate of drug-likeness (QED) is 0.448. The first kappa shape index (κ1) is 20.7. The Kier molecular flexibility index (Phi) is 6.02. The van der Waals surface area contributed by atoms with Gasteiger partial charge in [-0.05, 0) is 37.5 Å². The monoisotopic (exact) mass is 421 g/mol. The van der Waals surface area contributed by atoms with E-state index >= 15 is 0 Å². The van der Waals surface area contributed by atoms with Crippen LogP contribution in [0.2, 0.25) is 0 Å². The van der Waals surface area contributed by atoms with Crippen LogP contribution in [0, 0.1) is 6.92 Å². The van der Waals surface area contributed by atoms with Crippen molar-refractivity contribution in [3.05, 3.63) is 76.1 Å². The highest BCUT2D eigenvalue weighted by molar-refractivity contribution is 5.85. The third kappa shape index (κ3) is 4.77. The molecule has 0 bridgehead atoms. The number of likely N-dealkylation sites (tertiary alicyclic amines) is 1. The van der Waals surface area contributed by atoms with Crippen molar-refractivity contribution in [3.63, 3.8) is 0 Å². The van der Waals surface area contributed by atoms with E-state index in [0.717, 1.165) is 23.8 Å². The molecule has 0 aliphatic carbocycles. The molecule has 7 heteroatoms. The molecule has 0 radical (unpaired) electrons. The van der Waals surface area contributed by atoms with Gasteiger partial charge in [0, 0.05) is 36.2 Å². The maximum absolute atomic E-state index is 12.9. The van der Waals surface area contributed by atoms with E-state index in [1.165, 1.54) is 6.07 Å². The van der Waals surface area contributed by atoms with Crippen molar-refractivity contribution in [2.75, 3.05) is 19.7 Å². The minimum atomic E-state index is -1.01. The third-order valence-electron chi connectivity index (χ3n) is 5.27. The molecule has 3 aromatic rings. The number of rotatable bonds is 6. The summed E-state index contributed by atoms with van der Waals surface area (Å²) in [4.78, 5) is 38.7. The summed E-state index contributed by atoms with van der Waals surface area (Å²) in [7, 11) is 0. The lowest BCUT2D eigenvalue weighted by atomic mass is 10.1. The minimum absolute atomic E-state index is 0.222. The molecule has 0 N–H and O–H groups in total. The first-order valence-corrected chi connectivity index (χ1v) is 10.2. The van der Waals surface area contributed by atoms with Crippen molar-refractivity contribution in [1.29, 1.82) is 0 Å². The average molecular weight is 421 g/mol. The van der Waals surface area contributed by atoms with Gasteiger partial charge in [-0.25, -0.2) is 9.59 Å². The largest absolute Gasteiger partial charge is 0.482 e. The predicted octanol–water partition coefficient (Wildman–Crippen LogP) is 3.39. The summed E-state index contributed by atoms with van der Waals surface area (Å²) in [6.07, 6.45) is 0.886. The fraction of sp³-hybridized carbons (Fsp3) is 0.292. The lowest BCUT2D eigenvalue weighted by Gasteiger charge is -2.23. The fourth-order valence-electron chi connectivity index (χ4n) is 3.69. The number of fused-ring (bicyclic) bond motifs is 1. The van der Waals surface area contributed by atoms with Gasteiger partial charge in [-0.15, -0.1) is 0 Å². The smallest absolute Gasteiger partial charge is 0.345 e. The normalized spacial score (nSPS) is 14.4. The molecule has 1 aliphatic heterocycles. The lowest BCUT2D eigenvalue weighted by molar-refractivity contribution is -0.162. The van der Waals surface area contributed by atoms with Gasteiger partial charge in [-0.1, -0.05) is 30.3 Å². The summed E-state index contributed by atoms with van der Waals surface area (Å²) in [5.74, 6) is -0.521. The highest BCUT2D eigenvalue weighted by atomic mass is 16.6. The van der Waals surface area contributed by atoms with E-state index in [-0.39, 0.29) is 12.5 Å². The van der Waals surface area contributed by atoms with Crippen LogP contribution in [0.15, 0.2) is 63.8 Å². The number of hydrogen-bond donors (Lipinski definition) is 0. The van der Waals surface area contributed by atoms with E-state index < -0.39 is 17.7 Å². The zero-order valence-electron chi connectivity index (χ0n) is 17.2. The van der Waals surface area contributed by atoms with Gasteiger partial charge in [-0.3, -0.25) is 4.79 Å². The van der Waals surface area contributed by atoms with Gasteiger partial charge in [0.2, 0.25) is 6.10 Å². The van der Waals surface area contributed by atoms with Gasteiger partial charge >= 0.3 is 11.6 Å². The molecule has 0 spiro atoms. The Morgan fingerprint density at radius 1 is 1.06 bits per heavy atom. The molecule has 1 amide bonds. The number of ether oxygens (including phenoxy) is 2. The van der Waals surface area contributed by atoms with Crippen LogP contribution in [0.3, 0.4) is 0 Å². The molecule has 1 saturated heterocycles. The van der Waals surface area contributed by atoms with Gasteiger partial charge in [0.1, 0.15) is 11.3 Å². The van der Waals surface area contributed by atoms with Gasteiger partial charge in [0.25, 0.3) is 5.91 Å². The first-order valence-electron chi connectivity index (χ1n) is 10.2. The molecule has 7 nitrogen and oxygen atoms in total. The van der Waals surface area contributed by atoms with Gasteiger partial charge in [0.15, 0.2) is 6.61 Å². The van der Waals surface area contributed by atoms with Crippen molar-refractivity contribution in [2.24, 2.45) is 0 Å². The van der Waals surface area contributed by atoms with Crippen LogP contribution in [0.4, 0.5) is 0 Å². The molecule has 2 aromatic carbocycles. The van der Waals surface area contributed by atoms with E-state index in [9.17, 15) is 14.4 Å². The highest BCUT2D eigenvalue weighted by Gasteiger charge is 2.31. The number of nitrogens with zero attached hydrogens (tertiary/aromatic N) is 1. The molecule has 1 fully saturated rings. The molecule has 2 heterocycles. The van der Waals surface area contributed by atoms with E-state index in [1.807, 2.05) is 13.0 Å². The number of carbonyl (C=O) groups is 2. The molecule has 1 aliphatic rings. The molecule has 160 valence electrons. The molecule has 4 rings (SSSR count). The minimum Gasteiger partial charge on any atom is -0.482 e. The van der Waals surface area contributed by atoms with Crippen LogP contribution in [0.25, 0.3) is 11.0 Å². The number of benzene rings is 2. The summed E-state index contributed by atoms with van der Waals surface area (Å²) in [5.41, 5.74) is 1.34. The molecule has 31 heavy (non-hydrogen) atoms. The van der Waals surface area contributed by atoms with Crippen LogP contribution < -0.4 is 10.4 Å². The van der Waals surface area contributed by atoms with E-state index in [1.54, 1.807) is 47.4 Å². The SMILES string of the molecule is Cc1cc(=O)oc2cc(OCC(=O)OC(C(=O)N3CCCC3)c3ccccc3)ccc12. The summed E-state index contributed by atoms with van der Waals surface area (Å²) in [6, 6.07) is 15.4. The van der Waals surface area contributed by atoms with Crippen LogP contribution in [-0.2, 0) is 14.3 Å². The lowest BCUT2D eigenvalue weighted by Crippen LogP contribution is -2.35. The van der Waals surface area contributed by atoms with Gasteiger partial charge in [-0.2, -0.15) is 0 Å². The number of amides is 1. The standard InChI is InChI=1S/C24H23NO6/c1-16-13-21(26)30-20-14-18(9-10-19(16)20)29-15-22(27)31-23(17-7-3-2-4-8-17)24(28)25-11-5-6-12-25/h2-4,7-10,13-14,23H,5-6,11-12,15H2,1H3. The van der Waals surface area contributed by atoms with Gasteiger partial charge in [0.05, 0.1) is 0 Å². The first-order chi connectivity index (χ1) is 15.0. The second kappa shape index (κ2) is 9.04. The number of hydrogen-bond acceptors (Lipinski definition) is 6. The van der Waals surface area contributed by atoms with Crippen molar-refractivity contribution in [2.45, 2.75) is 25.9 Å². The van der Waals surface area contributed by atoms with Crippen molar-refractivity contribution in [3.8, 4) is 5.75 Å².